The molecule has 0 radical (unpaired) electrons. The van der Waals surface area contributed by atoms with E-state index in [9.17, 15) is 0 Å². The summed E-state index contributed by atoms with van der Waals surface area (Å²) in [4.78, 5) is 9.08. The highest BCUT2D eigenvalue weighted by Crippen LogP contribution is 2.31. The number of rotatable bonds is 6. The van der Waals surface area contributed by atoms with E-state index in [1.54, 1.807) is 13.3 Å². The molecular weight excluding hydrogens is 374 g/mol. The van der Waals surface area contributed by atoms with Gasteiger partial charge in [-0.25, -0.2) is 4.98 Å². The maximum atomic E-state index is 5.92. The van der Waals surface area contributed by atoms with Crippen LogP contribution in [0, 0.1) is 13.8 Å². The van der Waals surface area contributed by atoms with Gasteiger partial charge in [0.1, 0.15) is 11.6 Å². The van der Waals surface area contributed by atoms with Gasteiger partial charge in [-0.1, -0.05) is 18.2 Å². The van der Waals surface area contributed by atoms with E-state index in [2.05, 4.69) is 34.5 Å². The van der Waals surface area contributed by atoms with Crippen LogP contribution in [0.2, 0.25) is 0 Å². The molecule has 4 rings (SSSR count). The average molecular weight is 397 g/mol. The number of hydrogen-bond acceptors (Lipinski definition) is 4. The third-order valence-electron chi connectivity index (χ3n) is 4.83. The summed E-state index contributed by atoms with van der Waals surface area (Å²) < 4.78 is 13.4. The summed E-state index contributed by atoms with van der Waals surface area (Å²) in [5.74, 6) is 3.01. The molecule has 4 aromatic rings. The summed E-state index contributed by atoms with van der Waals surface area (Å²) in [7, 11) is 1.63. The van der Waals surface area contributed by atoms with Crippen LogP contribution in [0.1, 0.15) is 17.0 Å². The molecule has 2 heterocycles. The first-order valence-electron chi connectivity index (χ1n) is 9.71. The second kappa shape index (κ2) is 8.66. The van der Waals surface area contributed by atoms with Crippen LogP contribution >= 0.6 is 0 Å². The number of pyridine rings is 1. The zero-order valence-electron chi connectivity index (χ0n) is 17.2. The van der Waals surface area contributed by atoms with Crippen molar-refractivity contribution in [2.75, 3.05) is 7.11 Å². The Morgan fingerprint density at radius 2 is 1.63 bits per heavy atom. The Hall–Kier alpha value is -3.86. The third-order valence-corrected chi connectivity index (χ3v) is 4.83. The Labute approximate surface area is 176 Å². The second-order valence-electron chi connectivity index (χ2n) is 6.85. The van der Waals surface area contributed by atoms with Gasteiger partial charge in [-0.2, -0.15) is 0 Å². The van der Waals surface area contributed by atoms with E-state index >= 15 is 0 Å². The Morgan fingerprint density at radius 1 is 0.900 bits per heavy atom. The molecule has 5 nitrogen and oxygen atoms in total. The van der Waals surface area contributed by atoms with Gasteiger partial charge in [-0.3, -0.25) is 4.99 Å². The fraction of sp³-hybridized carbons (Fsp3) is 0.120. The minimum atomic E-state index is 0.679. The van der Waals surface area contributed by atoms with Crippen LogP contribution in [0.25, 0.3) is 5.82 Å². The fourth-order valence-corrected chi connectivity index (χ4v) is 3.33. The van der Waals surface area contributed by atoms with Crippen molar-refractivity contribution < 1.29 is 9.47 Å². The number of hydrogen-bond donors (Lipinski definition) is 0. The lowest BCUT2D eigenvalue weighted by molar-refractivity contribution is 0.379. The predicted octanol–water partition coefficient (Wildman–Crippen LogP) is 6.04. The second-order valence-corrected chi connectivity index (χ2v) is 6.85. The van der Waals surface area contributed by atoms with Crippen molar-refractivity contribution in [2.24, 2.45) is 4.99 Å². The lowest BCUT2D eigenvalue weighted by Gasteiger charge is -2.09. The maximum absolute atomic E-state index is 5.92. The van der Waals surface area contributed by atoms with Gasteiger partial charge in [0.05, 0.1) is 12.8 Å². The normalized spacial score (nSPS) is 11.0. The maximum Gasteiger partial charge on any atom is 0.169 e. The van der Waals surface area contributed by atoms with Crippen molar-refractivity contribution in [1.29, 1.82) is 0 Å². The third kappa shape index (κ3) is 4.10. The predicted molar refractivity (Wildman–Crippen MR) is 120 cm³/mol. The SMILES string of the molecule is COc1ccccc1Oc1ccc(N=Cc2cc(C)n(-c3ccccn3)c2C)cc1. The van der Waals surface area contributed by atoms with Crippen molar-refractivity contribution in [1.82, 2.24) is 9.55 Å². The van der Waals surface area contributed by atoms with Crippen molar-refractivity contribution in [3.63, 3.8) is 0 Å². The van der Waals surface area contributed by atoms with Crippen LogP contribution in [0.3, 0.4) is 0 Å². The average Bonchev–Trinajstić information content (AvgIpc) is 3.07. The van der Waals surface area contributed by atoms with Crippen LogP contribution < -0.4 is 9.47 Å². The van der Waals surface area contributed by atoms with Crippen molar-refractivity contribution >= 4 is 11.9 Å². The summed E-state index contributed by atoms with van der Waals surface area (Å²) in [6.45, 7) is 4.15. The van der Waals surface area contributed by atoms with Gasteiger partial charge >= 0.3 is 0 Å². The highest BCUT2D eigenvalue weighted by atomic mass is 16.5. The largest absolute Gasteiger partial charge is 0.493 e. The molecule has 0 spiro atoms. The topological polar surface area (TPSA) is 48.6 Å². The lowest BCUT2D eigenvalue weighted by atomic mass is 10.2. The molecule has 0 N–H and O–H groups in total. The molecule has 0 aliphatic carbocycles. The molecule has 5 heteroatoms. The molecule has 2 aromatic carbocycles. The smallest absolute Gasteiger partial charge is 0.169 e. The van der Waals surface area contributed by atoms with Gasteiger partial charge < -0.3 is 14.0 Å². The van der Waals surface area contributed by atoms with Crippen LogP contribution in [0.15, 0.2) is 84.0 Å². The molecule has 30 heavy (non-hydrogen) atoms. The van der Waals surface area contributed by atoms with E-state index in [1.165, 1.54) is 0 Å². The summed E-state index contributed by atoms with van der Waals surface area (Å²) >= 11 is 0. The summed E-state index contributed by atoms with van der Waals surface area (Å²) in [6.07, 6.45) is 3.69. The first-order chi connectivity index (χ1) is 14.7. The molecule has 0 atom stereocenters. The van der Waals surface area contributed by atoms with Gasteiger partial charge in [0, 0.05) is 29.4 Å². The minimum absolute atomic E-state index is 0.679. The van der Waals surface area contributed by atoms with E-state index in [0.29, 0.717) is 11.5 Å². The molecule has 0 amide bonds. The zero-order valence-corrected chi connectivity index (χ0v) is 17.2. The van der Waals surface area contributed by atoms with E-state index in [4.69, 9.17) is 9.47 Å². The van der Waals surface area contributed by atoms with Gasteiger partial charge in [0.2, 0.25) is 0 Å². The van der Waals surface area contributed by atoms with Crippen LogP contribution in [0.5, 0.6) is 17.2 Å². The van der Waals surface area contributed by atoms with Crippen molar-refractivity contribution in [3.05, 3.63) is 95.9 Å². The highest BCUT2D eigenvalue weighted by Gasteiger charge is 2.10. The first-order valence-corrected chi connectivity index (χ1v) is 9.71. The molecule has 0 saturated heterocycles. The van der Waals surface area contributed by atoms with E-state index in [-0.39, 0.29) is 0 Å². The fourth-order valence-electron chi connectivity index (χ4n) is 3.33. The first kappa shape index (κ1) is 19.5. The summed E-state index contributed by atoms with van der Waals surface area (Å²) in [5.41, 5.74) is 4.14. The standard InChI is InChI=1S/C25H23N3O2/c1-18-16-20(19(2)28(18)25-10-6-7-15-26-25)17-27-21-11-13-22(14-12-21)30-24-9-5-4-8-23(24)29-3/h4-17H,1-3H3. The number of ether oxygens (including phenoxy) is 2. The molecule has 0 fully saturated rings. The number of benzene rings is 2. The molecule has 0 aliphatic heterocycles. The van der Waals surface area contributed by atoms with Crippen molar-refractivity contribution in [3.8, 4) is 23.1 Å². The van der Waals surface area contributed by atoms with Gasteiger partial charge in [-0.05, 0) is 68.4 Å². The van der Waals surface area contributed by atoms with Crippen LogP contribution in [-0.4, -0.2) is 22.9 Å². The Bertz CT molecular complexity index is 1160. The summed E-state index contributed by atoms with van der Waals surface area (Å²) in [5, 5.41) is 0. The number of nitrogens with zero attached hydrogens (tertiary/aromatic N) is 3. The summed E-state index contributed by atoms with van der Waals surface area (Å²) in [6, 6.07) is 23.3. The van der Waals surface area contributed by atoms with Crippen LogP contribution in [0.4, 0.5) is 5.69 Å². The number of aliphatic imine (C=N–C) groups is 1. The zero-order chi connectivity index (χ0) is 20.9. The molecule has 2 aromatic heterocycles. The van der Waals surface area contributed by atoms with E-state index in [0.717, 1.165) is 34.2 Å². The number of para-hydroxylation sites is 2. The molecule has 150 valence electrons. The molecule has 0 bridgehead atoms. The van der Waals surface area contributed by atoms with Gasteiger partial charge in [0.15, 0.2) is 11.5 Å². The van der Waals surface area contributed by atoms with Crippen LogP contribution in [-0.2, 0) is 0 Å². The van der Waals surface area contributed by atoms with Gasteiger partial charge in [0.25, 0.3) is 0 Å². The molecule has 0 saturated carbocycles. The number of aromatic nitrogens is 2. The van der Waals surface area contributed by atoms with E-state index in [1.807, 2.05) is 72.9 Å². The number of aryl methyl sites for hydroxylation is 1. The molecular formula is C25H23N3O2. The number of methoxy groups -OCH3 is 1. The Balaban J connectivity index is 1.51. The Kier molecular flexibility index (Phi) is 5.61. The van der Waals surface area contributed by atoms with E-state index < -0.39 is 0 Å². The minimum Gasteiger partial charge on any atom is -0.493 e. The monoisotopic (exact) mass is 397 g/mol. The Morgan fingerprint density at radius 3 is 2.33 bits per heavy atom. The van der Waals surface area contributed by atoms with Crippen molar-refractivity contribution in [2.45, 2.75) is 13.8 Å². The van der Waals surface area contributed by atoms with Gasteiger partial charge in [-0.15, -0.1) is 0 Å². The highest BCUT2D eigenvalue weighted by molar-refractivity contribution is 5.84. The lowest BCUT2D eigenvalue weighted by Crippen LogP contribution is -2.01. The molecule has 0 unspecified atom stereocenters. The quantitative estimate of drug-likeness (QED) is 0.373. The molecule has 0 aliphatic rings.